The Balaban J connectivity index is 2.35. The van der Waals surface area contributed by atoms with E-state index in [0.29, 0.717) is 0 Å². The summed E-state index contributed by atoms with van der Waals surface area (Å²) in [5.41, 5.74) is 0.995. The van der Waals surface area contributed by atoms with Gasteiger partial charge in [-0.2, -0.15) is 0 Å². The lowest BCUT2D eigenvalue weighted by Crippen LogP contribution is -1.69. The van der Waals surface area contributed by atoms with Crippen molar-refractivity contribution in [3.8, 4) is 11.3 Å². The largest absolute Gasteiger partial charge is 0.472 e. The van der Waals surface area contributed by atoms with E-state index in [1.54, 1.807) is 12.5 Å². The van der Waals surface area contributed by atoms with Crippen molar-refractivity contribution in [1.29, 1.82) is 0 Å². The molecule has 0 saturated carbocycles. The summed E-state index contributed by atoms with van der Waals surface area (Å²) < 4.78 is 10.5. The highest BCUT2D eigenvalue weighted by molar-refractivity contribution is 5.55. The molecule has 0 fully saturated rings. The molecule has 0 aromatic carbocycles. The SMILES string of the molecule is CCc1ccc(-c2ccoc2)o1. The van der Waals surface area contributed by atoms with E-state index in [1.165, 1.54) is 0 Å². The molecule has 12 heavy (non-hydrogen) atoms. The van der Waals surface area contributed by atoms with Crippen LogP contribution in [-0.2, 0) is 6.42 Å². The summed E-state index contributed by atoms with van der Waals surface area (Å²) >= 11 is 0. The van der Waals surface area contributed by atoms with Gasteiger partial charge in [-0.3, -0.25) is 0 Å². The van der Waals surface area contributed by atoms with Gasteiger partial charge in [0.25, 0.3) is 0 Å². The van der Waals surface area contributed by atoms with Gasteiger partial charge in [-0.05, 0) is 18.2 Å². The van der Waals surface area contributed by atoms with Crippen molar-refractivity contribution in [3.63, 3.8) is 0 Å². The standard InChI is InChI=1S/C10H10O2/c1-2-9-3-4-10(12-9)8-5-6-11-7-8/h3-7H,2H2,1H3. The number of aryl methyl sites for hydroxylation is 1. The maximum Gasteiger partial charge on any atom is 0.137 e. The lowest BCUT2D eigenvalue weighted by molar-refractivity contribution is 0.526. The zero-order valence-corrected chi connectivity index (χ0v) is 6.91. The fourth-order valence-electron chi connectivity index (χ4n) is 1.13. The molecule has 0 aliphatic heterocycles. The molecule has 0 unspecified atom stereocenters. The molecule has 0 N–H and O–H groups in total. The molecular formula is C10H10O2. The van der Waals surface area contributed by atoms with Crippen LogP contribution in [0, 0.1) is 0 Å². The highest BCUT2D eigenvalue weighted by Crippen LogP contribution is 2.22. The molecule has 0 saturated heterocycles. The molecule has 2 nitrogen and oxygen atoms in total. The van der Waals surface area contributed by atoms with E-state index in [1.807, 2.05) is 18.2 Å². The normalized spacial score (nSPS) is 10.4. The van der Waals surface area contributed by atoms with Crippen molar-refractivity contribution in [2.45, 2.75) is 13.3 Å². The molecule has 2 rings (SSSR count). The third-order valence-corrected chi connectivity index (χ3v) is 1.82. The molecule has 0 bridgehead atoms. The monoisotopic (exact) mass is 162 g/mol. The van der Waals surface area contributed by atoms with Gasteiger partial charge in [-0.25, -0.2) is 0 Å². The van der Waals surface area contributed by atoms with E-state index in [-0.39, 0.29) is 0 Å². The fraction of sp³-hybridized carbons (Fsp3) is 0.200. The Labute approximate surface area is 70.8 Å². The van der Waals surface area contributed by atoms with Crippen molar-refractivity contribution in [2.24, 2.45) is 0 Å². The van der Waals surface area contributed by atoms with E-state index in [0.717, 1.165) is 23.5 Å². The van der Waals surface area contributed by atoms with Gasteiger partial charge in [-0.1, -0.05) is 6.92 Å². The summed E-state index contributed by atoms with van der Waals surface area (Å²) in [5, 5.41) is 0. The van der Waals surface area contributed by atoms with Crippen LogP contribution in [0.1, 0.15) is 12.7 Å². The molecule has 0 aliphatic carbocycles. The van der Waals surface area contributed by atoms with Crippen LogP contribution in [0.25, 0.3) is 11.3 Å². The minimum absolute atomic E-state index is 0.876. The van der Waals surface area contributed by atoms with Gasteiger partial charge in [0.2, 0.25) is 0 Å². The van der Waals surface area contributed by atoms with E-state index in [4.69, 9.17) is 8.83 Å². The first-order valence-electron chi connectivity index (χ1n) is 4.01. The van der Waals surface area contributed by atoms with Crippen molar-refractivity contribution < 1.29 is 8.83 Å². The van der Waals surface area contributed by atoms with Crippen LogP contribution in [0.2, 0.25) is 0 Å². The molecule has 0 atom stereocenters. The van der Waals surface area contributed by atoms with Crippen LogP contribution in [0.4, 0.5) is 0 Å². The predicted molar refractivity (Wildman–Crippen MR) is 45.8 cm³/mol. The molecule has 2 aromatic rings. The Bertz CT molecular complexity index is 344. The van der Waals surface area contributed by atoms with Gasteiger partial charge < -0.3 is 8.83 Å². The van der Waals surface area contributed by atoms with Gasteiger partial charge >= 0.3 is 0 Å². The fourth-order valence-corrected chi connectivity index (χ4v) is 1.13. The van der Waals surface area contributed by atoms with Crippen LogP contribution < -0.4 is 0 Å². The van der Waals surface area contributed by atoms with Crippen molar-refractivity contribution in [3.05, 3.63) is 36.5 Å². The molecule has 2 heterocycles. The zero-order chi connectivity index (χ0) is 8.39. The quantitative estimate of drug-likeness (QED) is 0.678. The molecule has 0 spiro atoms. The third-order valence-electron chi connectivity index (χ3n) is 1.82. The number of hydrogen-bond acceptors (Lipinski definition) is 2. The van der Waals surface area contributed by atoms with E-state index < -0.39 is 0 Å². The van der Waals surface area contributed by atoms with Crippen LogP contribution in [0.5, 0.6) is 0 Å². The predicted octanol–water partition coefficient (Wildman–Crippen LogP) is 3.10. The molecule has 0 aliphatic rings. The molecular weight excluding hydrogens is 152 g/mol. The first-order valence-corrected chi connectivity index (χ1v) is 4.01. The van der Waals surface area contributed by atoms with Crippen LogP contribution in [0.3, 0.4) is 0 Å². The summed E-state index contributed by atoms with van der Waals surface area (Å²) in [5.74, 6) is 1.88. The highest BCUT2D eigenvalue weighted by atomic mass is 16.3. The summed E-state index contributed by atoms with van der Waals surface area (Å²) in [6.45, 7) is 2.07. The Morgan fingerprint density at radius 2 is 2.17 bits per heavy atom. The molecule has 0 amide bonds. The van der Waals surface area contributed by atoms with Gasteiger partial charge in [0.1, 0.15) is 17.8 Å². The van der Waals surface area contributed by atoms with Crippen LogP contribution in [-0.4, -0.2) is 0 Å². The van der Waals surface area contributed by atoms with Crippen molar-refractivity contribution in [2.75, 3.05) is 0 Å². The first-order chi connectivity index (χ1) is 5.90. The van der Waals surface area contributed by atoms with Crippen LogP contribution >= 0.6 is 0 Å². The van der Waals surface area contributed by atoms with Crippen molar-refractivity contribution >= 4 is 0 Å². The maximum absolute atomic E-state index is 5.52. The molecule has 62 valence electrons. The second-order valence-electron chi connectivity index (χ2n) is 2.63. The second-order valence-corrected chi connectivity index (χ2v) is 2.63. The van der Waals surface area contributed by atoms with Gasteiger partial charge in [0, 0.05) is 6.42 Å². The van der Waals surface area contributed by atoms with E-state index >= 15 is 0 Å². The van der Waals surface area contributed by atoms with E-state index in [9.17, 15) is 0 Å². The van der Waals surface area contributed by atoms with Crippen LogP contribution in [0.15, 0.2) is 39.6 Å². The topological polar surface area (TPSA) is 26.3 Å². The first kappa shape index (κ1) is 7.22. The van der Waals surface area contributed by atoms with Crippen molar-refractivity contribution in [1.82, 2.24) is 0 Å². The maximum atomic E-state index is 5.52. The lowest BCUT2D eigenvalue weighted by atomic mass is 10.3. The van der Waals surface area contributed by atoms with E-state index in [2.05, 4.69) is 6.92 Å². The summed E-state index contributed by atoms with van der Waals surface area (Å²) in [6.07, 6.45) is 4.25. The highest BCUT2D eigenvalue weighted by Gasteiger charge is 2.03. The molecule has 0 radical (unpaired) electrons. The summed E-state index contributed by atoms with van der Waals surface area (Å²) in [7, 11) is 0. The Kier molecular flexibility index (Phi) is 1.74. The Morgan fingerprint density at radius 1 is 1.25 bits per heavy atom. The average molecular weight is 162 g/mol. The zero-order valence-electron chi connectivity index (χ0n) is 6.91. The second kappa shape index (κ2) is 2.89. The number of furan rings is 2. The smallest absolute Gasteiger partial charge is 0.137 e. The number of rotatable bonds is 2. The van der Waals surface area contributed by atoms with Gasteiger partial charge in [0.05, 0.1) is 11.8 Å². The molecule has 2 aromatic heterocycles. The number of hydrogen-bond donors (Lipinski definition) is 0. The third kappa shape index (κ3) is 1.16. The average Bonchev–Trinajstić information content (AvgIpc) is 2.75. The minimum atomic E-state index is 0.876. The minimum Gasteiger partial charge on any atom is -0.472 e. The summed E-state index contributed by atoms with van der Waals surface area (Å²) in [4.78, 5) is 0. The molecule has 2 heteroatoms. The Hall–Kier alpha value is -1.44. The Morgan fingerprint density at radius 3 is 2.75 bits per heavy atom. The summed E-state index contributed by atoms with van der Waals surface area (Å²) in [6, 6.07) is 5.84. The lowest BCUT2D eigenvalue weighted by Gasteiger charge is -1.88. The van der Waals surface area contributed by atoms with Gasteiger partial charge in [0.15, 0.2) is 0 Å². The van der Waals surface area contributed by atoms with Gasteiger partial charge in [-0.15, -0.1) is 0 Å².